The van der Waals surface area contributed by atoms with Crippen molar-refractivity contribution in [3.8, 4) is 5.75 Å². The average Bonchev–Trinajstić information content (AvgIpc) is 2.25. The van der Waals surface area contributed by atoms with Crippen LogP contribution < -0.4 is 10.1 Å². The van der Waals surface area contributed by atoms with E-state index in [1.54, 1.807) is 0 Å². The van der Waals surface area contributed by atoms with E-state index in [0.29, 0.717) is 6.04 Å². The van der Waals surface area contributed by atoms with Gasteiger partial charge in [-0.05, 0) is 56.8 Å². The Morgan fingerprint density at radius 3 is 2.82 bits per heavy atom. The summed E-state index contributed by atoms with van der Waals surface area (Å²) in [6.45, 7) is 2.91. The zero-order valence-electron chi connectivity index (χ0n) is 10.9. The maximum absolute atomic E-state index is 5.80. The van der Waals surface area contributed by atoms with E-state index < -0.39 is 0 Å². The quantitative estimate of drug-likeness (QED) is 0.815. The van der Waals surface area contributed by atoms with Crippen LogP contribution in [-0.2, 0) is 0 Å². The molecule has 1 aromatic rings. The standard InChI is InChI=1S/C15H23NO/c1-12-5-3-8-14(11-12)17-10-9-15(16-2)13-6-4-7-13/h3,5,8,11,13,15-16H,4,6-7,9-10H2,1-2H3. The van der Waals surface area contributed by atoms with Gasteiger partial charge in [0.15, 0.2) is 0 Å². The Kier molecular flexibility index (Phi) is 4.43. The lowest BCUT2D eigenvalue weighted by atomic mass is 9.79. The van der Waals surface area contributed by atoms with E-state index >= 15 is 0 Å². The van der Waals surface area contributed by atoms with E-state index in [4.69, 9.17) is 4.74 Å². The lowest BCUT2D eigenvalue weighted by Gasteiger charge is -2.33. The fraction of sp³-hybridized carbons (Fsp3) is 0.600. The Labute approximate surface area is 104 Å². The van der Waals surface area contributed by atoms with Gasteiger partial charge in [0.05, 0.1) is 6.61 Å². The van der Waals surface area contributed by atoms with Crippen LogP contribution in [0.4, 0.5) is 0 Å². The van der Waals surface area contributed by atoms with E-state index in [1.807, 2.05) is 12.1 Å². The van der Waals surface area contributed by atoms with Gasteiger partial charge in [0, 0.05) is 6.04 Å². The van der Waals surface area contributed by atoms with Crippen molar-refractivity contribution in [2.24, 2.45) is 5.92 Å². The molecule has 0 aromatic heterocycles. The minimum Gasteiger partial charge on any atom is -0.494 e. The van der Waals surface area contributed by atoms with Crippen LogP contribution in [0.3, 0.4) is 0 Å². The number of hydrogen-bond donors (Lipinski definition) is 1. The molecule has 0 aliphatic heterocycles. The van der Waals surface area contributed by atoms with Crippen molar-refractivity contribution in [2.75, 3.05) is 13.7 Å². The van der Waals surface area contributed by atoms with Gasteiger partial charge in [-0.15, -0.1) is 0 Å². The van der Waals surface area contributed by atoms with Gasteiger partial charge < -0.3 is 10.1 Å². The van der Waals surface area contributed by atoms with Gasteiger partial charge in [0.1, 0.15) is 5.75 Å². The maximum Gasteiger partial charge on any atom is 0.119 e. The van der Waals surface area contributed by atoms with Crippen molar-refractivity contribution < 1.29 is 4.74 Å². The summed E-state index contributed by atoms with van der Waals surface area (Å²) >= 11 is 0. The van der Waals surface area contributed by atoms with Crippen molar-refractivity contribution in [3.63, 3.8) is 0 Å². The summed E-state index contributed by atoms with van der Waals surface area (Å²) in [6, 6.07) is 8.90. The first-order valence-electron chi connectivity index (χ1n) is 6.66. The summed E-state index contributed by atoms with van der Waals surface area (Å²) in [5.74, 6) is 1.87. The van der Waals surface area contributed by atoms with Crippen LogP contribution in [0.25, 0.3) is 0 Å². The first-order chi connectivity index (χ1) is 8.29. The molecule has 1 aliphatic rings. The molecule has 2 nitrogen and oxygen atoms in total. The Bertz CT molecular complexity index is 347. The normalized spacial score (nSPS) is 17.5. The van der Waals surface area contributed by atoms with Crippen LogP contribution in [0.5, 0.6) is 5.75 Å². The Balaban J connectivity index is 1.74. The topological polar surface area (TPSA) is 21.3 Å². The van der Waals surface area contributed by atoms with Crippen molar-refractivity contribution in [2.45, 2.75) is 38.6 Å². The first kappa shape index (κ1) is 12.4. The highest BCUT2D eigenvalue weighted by Gasteiger charge is 2.25. The van der Waals surface area contributed by atoms with Crippen LogP contribution in [0.1, 0.15) is 31.2 Å². The first-order valence-corrected chi connectivity index (χ1v) is 6.66. The van der Waals surface area contributed by atoms with Crippen LogP contribution >= 0.6 is 0 Å². The van der Waals surface area contributed by atoms with E-state index in [0.717, 1.165) is 24.7 Å². The van der Waals surface area contributed by atoms with Crippen molar-refractivity contribution in [1.29, 1.82) is 0 Å². The molecule has 0 saturated heterocycles. The van der Waals surface area contributed by atoms with E-state index in [-0.39, 0.29) is 0 Å². The molecule has 17 heavy (non-hydrogen) atoms. The van der Waals surface area contributed by atoms with Crippen LogP contribution in [0.2, 0.25) is 0 Å². The molecule has 0 spiro atoms. The highest BCUT2D eigenvalue weighted by atomic mass is 16.5. The van der Waals surface area contributed by atoms with Gasteiger partial charge >= 0.3 is 0 Å². The van der Waals surface area contributed by atoms with E-state index in [1.165, 1.54) is 24.8 Å². The maximum atomic E-state index is 5.80. The summed E-state index contributed by atoms with van der Waals surface area (Å²) in [6.07, 6.45) is 5.28. The van der Waals surface area contributed by atoms with E-state index in [2.05, 4.69) is 31.4 Å². The predicted octanol–water partition coefficient (Wildman–Crippen LogP) is 3.15. The number of rotatable bonds is 6. The minimum absolute atomic E-state index is 0.633. The summed E-state index contributed by atoms with van der Waals surface area (Å²) < 4.78 is 5.80. The summed E-state index contributed by atoms with van der Waals surface area (Å²) in [4.78, 5) is 0. The second kappa shape index (κ2) is 6.06. The highest BCUT2D eigenvalue weighted by molar-refractivity contribution is 5.27. The molecule has 2 heteroatoms. The molecule has 0 heterocycles. The fourth-order valence-corrected chi connectivity index (χ4v) is 2.47. The van der Waals surface area contributed by atoms with Gasteiger partial charge in [-0.2, -0.15) is 0 Å². The lowest BCUT2D eigenvalue weighted by Crippen LogP contribution is -2.38. The second-order valence-electron chi connectivity index (χ2n) is 5.04. The predicted molar refractivity (Wildman–Crippen MR) is 71.5 cm³/mol. The minimum atomic E-state index is 0.633. The molecular formula is C15H23NO. The van der Waals surface area contributed by atoms with Gasteiger partial charge in [0.25, 0.3) is 0 Å². The molecular weight excluding hydrogens is 210 g/mol. The Morgan fingerprint density at radius 2 is 2.24 bits per heavy atom. The molecule has 0 bridgehead atoms. The highest BCUT2D eigenvalue weighted by Crippen LogP contribution is 2.30. The molecule has 1 N–H and O–H groups in total. The zero-order chi connectivity index (χ0) is 12.1. The molecule has 94 valence electrons. The molecule has 1 unspecified atom stereocenters. The Morgan fingerprint density at radius 1 is 1.41 bits per heavy atom. The summed E-state index contributed by atoms with van der Waals surface area (Å²) in [5, 5.41) is 3.42. The number of nitrogens with one attached hydrogen (secondary N) is 1. The smallest absolute Gasteiger partial charge is 0.119 e. The molecule has 1 atom stereocenters. The molecule has 0 radical (unpaired) electrons. The number of hydrogen-bond acceptors (Lipinski definition) is 2. The molecule has 1 aromatic carbocycles. The number of ether oxygens (including phenoxy) is 1. The molecule has 2 rings (SSSR count). The monoisotopic (exact) mass is 233 g/mol. The number of benzene rings is 1. The van der Waals surface area contributed by atoms with Crippen molar-refractivity contribution >= 4 is 0 Å². The van der Waals surface area contributed by atoms with Crippen molar-refractivity contribution in [1.82, 2.24) is 5.32 Å². The van der Waals surface area contributed by atoms with Crippen LogP contribution in [0, 0.1) is 12.8 Å². The third kappa shape index (κ3) is 3.47. The summed E-state index contributed by atoms with van der Waals surface area (Å²) in [5.41, 5.74) is 1.26. The zero-order valence-corrected chi connectivity index (χ0v) is 10.9. The molecule has 1 fully saturated rings. The van der Waals surface area contributed by atoms with Crippen LogP contribution in [-0.4, -0.2) is 19.7 Å². The van der Waals surface area contributed by atoms with Crippen LogP contribution in [0.15, 0.2) is 24.3 Å². The molecule has 1 saturated carbocycles. The fourth-order valence-electron chi connectivity index (χ4n) is 2.47. The third-order valence-corrected chi connectivity index (χ3v) is 3.78. The third-order valence-electron chi connectivity index (χ3n) is 3.78. The van der Waals surface area contributed by atoms with Gasteiger partial charge in [-0.25, -0.2) is 0 Å². The summed E-state index contributed by atoms with van der Waals surface area (Å²) in [7, 11) is 2.07. The Hall–Kier alpha value is -1.02. The molecule has 0 amide bonds. The van der Waals surface area contributed by atoms with E-state index in [9.17, 15) is 0 Å². The number of aryl methyl sites for hydroxylation is 1. The van der Waals surface area contributed by atoms with Gasteiger partial charge in [-0.1, -0.05) is 18.6 Å². The average molecular weight is 233 g/mol. The van der Waals surface area contributed by atoms with Gasteiger partial charge in [0.2, 0.25) is 0 Å². The molecule has 1 aliphatic carbocycles. The SMILES string of the molecule is CNC(CCOc1cccc(C)c1)C1CCC1. The largest absolute Gasteiger partial charge is 0.494 e. The van der Waals surface area contributed by atoms with Crippen molar-refractivity contribution in [3.05, 3.63) is 29.8 Å². The lowest BCUT2D eigenvalue weighted by molar-refractivity contribution is 0.197. The second-order valence-corrected chi connectivity index (χ2v) is 5.04. The van der Waals surface area contributed by atoms with Gasteiger partial charge in [-0.3, -0.25) is 0 Å².